The molecule has 0 spiro atoms. The predicted octanol–water partition coefficient (Wildman–Crippen LogP) is 4.72. The number of nitrogens with zero attached hydrogens (tertiary/aromatic N) is 1. The van der Waals surface area contributed by atoms with Crippen molar-refractivity contribution in [2.45, 2.75) is 40.0 Å². The van der Waals surface area contributed by atoms with Gasteiger partial charge in [0.1, 0.15) is 0 Å². The largest absolute Gasteiger partial charge is 0.272 e. The van der Waals surface area contributed by atoms with E-state index in [9.17, 15) is 4.79 Å². The second-order valence-electron chi connectivity index (χ2n) is 7.07. The Balaban J connectivity index is 1.68. The molecule has 2 aromatic rings. The Morgan fingerprint density at radius 2 is 2.22 bits per heavy atom. The molecule has 0 saturated carbocycles. The van der Waals surface area contributed by atoms with Gasteiger partial charge in [0.15, 0.2) is 0 Å². The zero-order valence-electron chi connectivity index (χ0n) is 13.8. The molecule has 1 aliphatic rings. The highest BCUT2D eigenvalue weighted by atomic mass is 32.1. The number of nitrogens with one attached hydrogen (secondary N) is 1. The van der Waals surface area contributed by atoms with Crippen LogP contribution in [0.3, 0.4) is 0 Å². The average molecular weight is 347 g/mol. The number of carbonyl (C=O) groups excluding carboxylic acids is 1. The van der Waals surface area contributed by atoms with Gasteiger partial charge < -0.3 is 0 Å². The highest BCUT2D eigenvalue weighted by Crippen LogP contribution is 2.40. The third kappa shape index (κ3) is 3.72. The number of fused-ring (bicyclic) bond motifs is 1. The summed E-state index contributed by atoms with van der Waals surface area (Å²) in [5, 5.41) is 8.05. The minimum atomic E-state index is -0.0930. The first-order valence-electron chi connectivity index (χ1n) is 7.91. The molecule has 0 fully saturated rings. The fraction of sp³-hybridized carbons (Fsp3) is 0.444. The van der Waals surface area contributed by atoms with E-state index in [1.165, 1.54) is 10.4 Å². The van der Waals surface area contributed by atoms with Crippen LogP contribution in [-0.4, -0.2) is 12.1 Å². The lowest BCUT2D eigenvalue weighted by molar-refractivity contribution is 0.0954. The van der Waals surface area contributed by atoms with Crippen molar-refractivity contribution < 1.29 is 4.79 Å². The summed E-state index contributed by atoms with van der Waals surface area (Å²) in [7, 11) is 0. The van der Waals surface area contributed by atoms with E-state index in [0.29, 0.717) is 11.3 Å². The molecule has 1 N–H and O–H groups in total. The van der Waals surface area contributed by atoms with Crippen LogP contribution < -0.4 is 5.43 Å². The highest BCUT2D eigenvalue weighted by Gasteiger charge is 2.31. The van der Waals surface area contributed by atoms with E-state index in [-0.39, 0.29) is 5.91 Å². The number of hydrogen-bond acceptors (Lipinski definition) is 4. The second kappa shape index (κ2) is 6.57. The Bertz CT molecular complexity index is 708. The number of amides is 1. The maximum atomic E-state index is 12.4. The van der Waals surface area contributed by atoms with Gasteiger partial charge in [0, 0.05) is 15.1 Å². The quantitative estimate of drug-likeness (QED) is 0.634. The Hall–Kier alpha value is -1.46. The predicted molar refractivity (Wildman–Crippen MR) is 98.7 cm³/mol. The molecule has 122 valence electrons. The Kier molecular flexibility index (Phi) is 4.69. The molecule has 23 heavy (non-hydrogen) atoms. The van der Waals surface area contributed by atoms with Gasteiger partial charge in [0.05, 0.1) is 11.8 Å². The lowest BCUT2D eigenvalue weighted by Crippen LogP contribution is -2.27. The van der Waals surface area contributed by atoms with Gasteiger partial charge in [0.25, 0.3) is 5.91 Å². The summed E-state index contributed by atoms with van der Waals surface area (Å²) in [6.45, 7) is 6.93. The van der Waals surface area contributed by atoms with E-state index >= 15 is 0 Å². The molecule has 0 aromatic carbocycles. The second-order valence-corrected chi connectivity index (χ2v) is 9.01. The van der Waals surface area contributed by atoms with E-state index in [4.69, 9.17) is 0 Å². The number of rotatable bonds is 3. The van der Waals surface area contributed by atoms with E-state index in [1.54, 1.807) is 28.9 Å². The van der Waals surface area contributed by atoms with Crippen molar-refractivity contribution in [2.75, 3.05) is 0 Å². The van der Waals surface area contributed by atoms with Crippen LogP contribution in [0.4, 0.5) is 0 Å². The monoisotopic (exact) mass is 346 g/mol. The number of thiophene rings is 2. The lowest BCUT2D eigenvalue weighted by atomic mass is 9.72. The number of carbonyl (C=O) groups is 1. The Morgan fingerprint density at radius 1 is 1.39 bits per heavy atom. The van der Waals surface area contributed by atoms with Crippen LogP contribution in [0.5, 0.6) is 0 Å². The van der Waals surface area contributed by atoms with E-state index in [1.807, 2.05) is 22.9 Å². The molecule has 0 radical (unpaired) electrons. The molecule has 0 bridgehead atoms. The van der Waals surface area contributed by atoms with Gasteiger partial charge in [-0.15, -0.1) is 22.7 Å². The standard InChI is InChI=1S/C18H22N2OS2/c1-18(2,3)12-6-7-14-15(11-23-16(14)9-12)17(21)20-19-10-13-5-4-8-22-13/h4-5,8,10-12H,6-7,9H2,1-3H3,(H,20,21)/b19-10-/t12-/m0/s1. The molecule has 0 aliphatic heterocycles. The smallest absolute Gasteiger partial charge is 0.267 e. The highest BCUT2D eigenvalue weighted by molar-refractivity contribution is 7.11. The lowest BCUT2D eigenvalue weighted by Gasteiger charge is -2.33. The van der Waals surface area contributed by atoms with Crippen molar-refractivity contribution in [3.63, 3.8) is 0 Å². The van der Waals surface area contributed by atoms with E-state index in [2.05, 4.69) is 31.3 Å². The molecule has 0 unspecified atom stereocenters. The van der Waals surface area contributed by atoms with Gasteiger partial charge in [-0.3, -0.25) is 4.79 Å². The average Bonchev–Trinajstić information content (AvgIpc) is 3.14. The zero-order chi connectivity index (χ0) is 16.4. The molecule has 0 saturated heterocycles. The summed E-state index contributed by atoms with van der Waals surface area (Å²) in [6.07, 6.45) is 4.94. The molecule has 3 rings (SSSR count). The van der Waals surface area contributed by atoms with Crippen LogP contribution >= 0.6 is 22.7 Å². The fourth-order valence-electron chi connectivity index (χ4n) is 3.02. The summed E-state index contributed by atoms with van der Waals surface area (Å²) in [6, 6.07) is 3.94. The summed E-state index contributed by atoms with van der Waals surface area (Å²) < 4.78 is 0. The van der Waals surface area contributed by atoms with Crippen LogP contribution in [0.2, 0.25) is 0 Å². The van der Waals surface area contributed by atoms with E-state index < -0.39 is 0 Å². The summed E-state index contributed by atoms with van der Waals surface area (Å²) in [5.41, 5.74) is 5.03. The minimum Gasteiger partial charge on any atom is -0.267 e. The van der Waals surface area contributed by atoms with Crippen molar-refractivity contribution in [1.29, 1.82) is 0 Å². The molecule has 1 aliphatic carbocycles. The molecular weight excluding hydrogens is 324 g/mol. The van der Waals surface area contributed by atoms with Crippen LogP contribution in [0.1, 0.15) is 52.9 Å². The minimum absolute atomic E-state index is 0.0930. The summed E-state index contributed by atoms with van der Waals surface area (Å²) in [4.78, 5) is 14.8. The van der Waals surface area contributed by atoms with Gasteiger partial charge >= 0.3 is 0 Å². The number of hydrazone groups is 1. The van der Waals surface area contributed by atoms with Gasteiger partial charge in [0.2, 0.25) is 0 Å². The third-order valence-electron chi connectivity index (χ3n) is 4.53. The SMILES string of the molecule is CC(C)(C)[C@H]1CCc2c(C(=O)N/N=C\c3cccs3)csc2C1. The van der Waals surface area contributed by atoms with Gasteiger partial charge in [-0.1, -0.05) is 26.8 Å². The van der Waals surface area contributed by atoms with Crippen molar-refractivity contribution in [2.24, 2.45) is 16.4 Å². The number of hydrogen-bond donors (Lipinski definition) is 1. The fourth-order valence-corrected chi connectivity index (χ4v) is 4.77. The molecule has 3 nitrogen and oxygen atoms in total. The van der Waals surface area contributed by atoms with Crippen molar-refractivity contribution in [3.05, 3.63) is 43.8 Å². The summed E-state index contributed by atoms with van der Waals surface area (Å²) in [5.74, 6) is 0.603. The van der Waals surface area contributed by atoms with E-state index in [0.717, 1.165) is 29.7 Å². The topological polar surface area (TPSA) is 41.5 Å². The Labute approximate surface area is 145 Å². The molecule has 2 aromatic heterocycles. The molecular formula is C18H22N2OS2. The van der Waals surface area contributed by atoms with Crippen LogP contribution in [-0.2, 0) is 12.8 Å². The van der Waals surface area contributed by atoms with Crippen molar-refractivity contribution in [1.82, 2.24) is 5.43 Å². The molecule has 1 atom stereocenters. The first-order valence-corrected chi connectivity index (χ1v) is 9.67. The normalized spacial score (nSPS) is 18.1. The van der Waals surface area contributed by atoms with Crippen LogP contribution in [0, 0.1) is 11.3 Å². The maximum absolute atomic E-state index is 12.4. The Morgan fingerprint density at radius 3 is 2.91 bits per heavy atom. The van der Waals surface area contributed by atoms with Crippen LogP contribution in [0.15, 0.2) is 28.0 Å². The first-order chi connectivity index (χ1) is 10.9. The first kappa shape index (κ1) is 16.4. The molecule has 2 heterocycles. The van der Waals surface area contributed by atoms with Crippen molar-refractivity contribution in [3.8, 4) is 0 Å². The van der Waals surface area contributed by atoms with Gasteiger partial charge in [-0.05, 0) is 47.6 Å². The van der Waals surface area contributed by atoms with Crippen LogP contribution in [0.25, 0.3) is 0 Å². The van der Waals surface area contributed by atoms with Crippen molar-refractivity contribution >= 4 is 34.8 Å². The molecule has 5 heteroatoms. The molecule has 1 amide bonds. The summed E-state index contributed by atoms with van der Waals surface area (Å²) >= 11 is 3.32. The maximum Gasteiger partial charge on any atom is 0.272 e. The third-order valence-corrected chi connectivity index (χ3v) is 6.38. The van der Waals surface area contributed by atoms with Gasteiger partial charge in [-0.2, -0.15) is 5.10 Å². The van der Waals surface area contributed by atoms with Gasteiger partial charge in [-0.25, -0.2) is 5.43 Å². The zero-order valence-corrected chi connectivity index (χ0v) is 15.4.